The predicted molar refractivity (Wildman–Crippen MR) is 100 cm³/mol. The summed E-state index contributed by atoms with van der Waals surface area (Å²) >= 11 is 0. The van der Waals surface area contributed by atoms with Gasteiger partial charge in [-0.2, -0.15) is 5.10 Å². The number of hydrogen-bond acceptors (Lipinski definition) is 3. The summed E-state index contributed by atoms with van der Waals surface area (Å²) in [5, 5.41) is 5.44. The maximum atomic E-state index is 12.9. The smallest absolute Gasteiger partial charge is 0.257 e. The van der Waals surface area contributed by atoms with Crippen molar-refractivity contribution >= 4 is 22.5 Å². The normalized spacial score (nSPS) is 15.0. The van der Waals surface area contributed by atoms with Gasteiger partial charge in [-0.05, 0) is 49.1 Å². The number of pyridine rings is 2. The van der Waals surface area contributed by atoms with Crippen molar-refractivity contribution < 1.29 is 4.79 Å². The number of amides is 1. The topological polar surface area (TPSA) is 66.3 Å². The molecule has 1 N–H and O–H groups in total. The SMILES string of the molecule is O=C(c1cnn2ccc(-c3c[nH]c4ncccc34)cc12)N1CCCCC1. The molecule has 1 aliphatic rings. The van der Waals surface area contributed by atoms with E-state index >= 15 is 0 Å². The first-order chi connectivity index (χ1) is 12.8. The number of fused-ring (bicyclic) bond motifs is 2. The first-order valence-corrected chi connectivity index (χ1v) is 9.00. The number of likely N-dealkylation sites (tertiary alicyclic amines) is 1. The van der Waals surface area contributed by atoms with Crippen LogP contribution in [0.4, 0.5) is 0 Å². The number of piperidine rings is 1. The zero-order chi connectivity index (χ0) is 17.5. The van der Waals surface area contributed by atoms with Crippen LogP contribution < -0.4 is 0 Å². The van der Waals surface area contributed by atoms with E-state index in [1.807, 2.05) is 35.5 Å². The van der Waals surface area contributed by atoms with E-state index in [0.717, 1.165) is 53.6 Å². The third kappa shape index (κ3) is 2.37. The van der Waals surface area contributed by atoms with Crippen molar-refractivity contribution in [2.24, 2.45) is 0 Å². The van der Waals surface area contributed by atoms with Crippen LogP contribution in [0, 0.1) is 0 Å². The monoisotopic (exact) mass is 345 g/mol. The average molecular weight is 345 g/mol. The van der Waals surface area contributed by atoms with E-state index in [1.165, 1.54) is 6.42 Å². The Bertz CT molecular complexity index is 1100. The van der Waals surface area contributed by atoms with Crippen LogP contribution in [0.1, 0.15) is 29.6 Å². The second kappa shape index (κ2) is 5.98. The molecule has 1 amide bonds. The first kappa shape index (κ1) is 15.1. The molecule has 0 radical (unpaired) electrons. The van der Waals surface area contributed by atoms with E-state index in [2.05, 4.69) is 21.1 Å². The number of rotatable bonds is 2. The van der Waals surface area contributed by atoms with Gasteiger partial charge in [0, 0.05) is 42.6 Å². The van der Waals surface area contributed by atoms with E-state index in [0.29, 0.717) is 5.56 Å². The Balaban J connectivity index is 1.60. The third-order valence-electron chi connectivity index (χ3n) is 5.16. The molecule has 0 aliphatic carbocycles. The molecule has 0 bridgehead atoms. The highest BCUT2D eigenvalue weighted by molar-refractivity contribution is 6.02. The molecule has 1 aliphatic heterocycles. The number of aromatic amines is 1. The molecule has 1 fully saturated rings. The molecule has 130 valence electrons. The minimum Gasteiger partial charge on any atom is -0.346 e. The molecule has 0 saturated carbocycles. The van der Waals surface area contributed by atoms with Crippen molar-refractivity contribution in [3.05, 3.63) is 54.6 Å². The second-order valence-corrected chi connectivity index (χ2v) is 6.76. The van der Waals surface area contributed by atoms with E-state index in [-0.39, 0.29) is 5.91 Å². The molecule has 6 heteroatoms. The maximum Gasteiger partial charge on any atom is 0.257 e. The summed E-state index contributed by atoms with van der Waals surface area (Å²) in [5.74, 6) is 0.0810. The lowest BCUT2D eigenvalue weighted by Crippen LogP contribution is -2.35. The minimum absolute atomic E-state index is 0.0810. The van der Waals surface area contributed by atoms with Crippen LogP contribution in [0.2, 0.25) is 0 Å². The van der Waals surface area contributed by atoms with Crippen LogP contribution in [0.15, 0.2) is 49.1 Å². The number of carbonyl (C=O) groups is 1. The van der Waals surface area contributed by atoms with Crippen molar-refractivity contribution in [2.75, 3.05) is 13.1 Å². The molecule has 5 rings (SSSR count). The average Bonchev–Trinajstić information content (AvgIpc) is 3.32. The quantitative estimate of drug-likeness (QED) is 0.605. The van der Waals surface area contributed by atoms with Gasteiger partial charge < -0.3 is 9.88 Å². The molecule has 0 spiro atoms. The summed E-state index contributed by atoms with van der Waals surface area (Å²) in [6, 6.07) is 8.04. The van der Waals surface area contributed by atoms with Gasteiger partial charge in [-0.25, -0.2) is 9.50 Å². The largest absolute Gasteiger partial charge is 0.346 e. The van der Waals surface area contributed by atoms with Crippen LogP contribution in [0.5, 0.6) is 0 Å². The fourth-order valence-corrected chi connectivity index (χ4v) is 3.78. The highest BCUT2D eigenvalue weighted by atomic mass is 16.2. The Hall–Kier alpha value is -3.15. The molecule has 6 nitrogen and oxygen atoms in total. The molecule has 0 aromatic carbocycles. The van der Waals surface area contributed by atoms with Crippen LogP contribution in [0.25, 0.3) is 27.7 Å². The number of H-pyrrole nitrogens is 1. The molecule has 1 saturated heterocycles. The Morgan fingerprint density at radius 3 is 2.92 bits per heavy atom. The van der Waals surface area contributed by atoms with Gasteiger partial charge in [-0.3, -0.25) is 4.79 Å². The number of carbonyl (C=O) groups excluding carboxylic acids is 1. The summed E-state index contributed by atoms with van der Waals surface area (Å²) in [5.41, 5.74) is 4.50. The summed E-state index contributed by atoms with van der Waals surface area (Å²) in [4.78, 5) is 22.5. The van der Waals surface area contributed by atoms with Crippen molar-refractivity contribution in [1.82, 2.24) is 24.5 Å². The van der Waals surface area contributed by atoms with Crippen molar-refractivity contribution in [3.8, 4) is 11.1 Å². The van der Waals surface area contributed by atoms with Gasteiger partial charge in [0.25, 0.3) is 5.91 Å². The van der Waals surface area contributed by atoms with Gasteiger partial charge in [0.05, 0.1) is 17.3 Å². The van der Waals surface area contributed by atoms with E-state index < -0.39 is 0 Å². The van der Waals surface area contributed by atoms with Crippen molar-refractivity contribution in [2.45, 2.75) is 19.3 Å². The summed E-state index contributed by atoms with van der Waals surface area (Å²) in [6.45, 7) is 1.67. The lowest BCUT2D eigenvalue weighted by Gasteiger charge is -2.26. The molecule has 4 aromatic rings. The molecule has 4 aromatic heterocycles. The van der Waals surface area contributed by atoms with Crippen LogP contribution in [-0.4, -0.2) is 43.5 Å². The van der Waals surface area contributed by atoms with Gasteiger partial charge in [0.15, 0.2) is 0 Å². The summed E-state index contributed by atoms with van der Waals surface area (Å²) < 4.78 is 1.77. The molecular formula is C20H19N5O. The van der Waals surface area contributed by atoms with Gasteiger partial charge in [0.1, 0.15) is 5.65 Å². The molecular weight excluding hydrogens is 326 g/mol. The van der Waals surface area contributed by atoms with Gasteiger partial charge >= 0.3 is 0 Å². The van der Waals surface area contributed by atoms with E-state index in [1.54, 1.807) is 16.9 Å². The molecule has 26 heavy (non-hydrogen) atoms. The second-order valence-electron chi connectivity index (χ2n) is 6.76. The Morgan fingerprint density at radius 2 is 2.04 bits per heavy atom. The highest BCUT2D eigenvalue weighted by Gasteiger charge is 2.22. The number of nitrogens with one attached hydrogen (secondary N) is 1. The molecule has 0 atom stereocenters. The van der Waals surface area contributed by atoms with Crippen LogP contribution >= 0.6 is 0 Å². The van der Waals surface area contributed by atoms with Gasteiger partial charge in [-0.1, -0.05) is 0 Å². The predicted octanol–water partition coefficient (Wildman–Crippen LogP) is 3.50. The summed E-state index contributed by atoms with van der Waals surface area (Å²) in [6.07, 6.45) is 10.7. The highest BCUT2D eigenvalue weighted by Crippen LogP contribution is 2.29. The molecule has 5 heterocycles. The Labute approximate surface area is 150 Å². The summed E-state index contributed by atoms with van der Waals surface area (Å²) in [7, 11) is 0. The molecule has 0 unspecified atom stereocenters. The lowest BCUT2D eigenvalue weighted by molar-refractivity contribution is 0.0726. The fourth-order valence-electron chi connectivity index (χ4n) is 3.78. The van der Waals surface area contributed by atoms with E-state index in [9.17, 15) is 4.79 Å². The third-order valence-corrected chi connectivity index (χ3v) is 5.16. The zero-order valence-electron chi connectivity index (χ0n) is 14.4. The standard InChI is InChI=1S/C20H19N5O/c26-20(24-8-2-1-3-9-24)17-13-23-25-10-6-14(11-18(17)25)16-12-22-19-15(16)5-4-7-21-19/h4-7,10-13H,1-3,8-9H2,(H,21,22). The number of hydrogen-bond donors (Lipinski definition) is 1. The van der Waals surface area contributed by atoms with Gasteiger partial charge in [-0.15, -0.1) is 0 Å². The van der Waals surface area contributed by atoms with Crippen LogP contribution in [0.3, 0.4) is 0 Å². The van der Waals surface area contributed by atoms with E-state index in [4.69, 9.17) is 0 Å². The number of nitrogens with zero attached hydrogens (tertiary/aromatic N) is 4. The lowest BCUT2D eigenvalue weighted by atomic mass is 10.1. The van der Waals surface area contributed by atoms with Crippen LogP contribution in [-0.2, 0) is 0 Å². The zero-order valence-corrected chi connectivity index (χ0v) is 14.4. The van der Waals surface area contributed by atoms with Crippen molar-refractivity contribution in [3.63, 3.8) is 0 Å². The van der Waals surface area contributed by atoms with Crippen molar-refractivity contribution in [1.29, 1.82) is 0 Å². The first-order valence-electron chi connectivity index (χ1n) is 9.00. The Morgan fingerprint density at radius 1 is 1.15 bits per heavy atom. The fraction of sp³-hybridized carbons (Fsp3) is 0.250. The Kier molecular flexibility index (Phi) is 3.48. The maximum absolute atomic E-state index is 12.9. The minimum atomic E-state index is 0.0810. The van der Waals surface area contributed by atoms with Gasteiger partial charge in [0.2, 0.25) is 0 Å². The number of aromatic nitrogens is 4.